The molecule has 0 radical (unpaired) electrons. The van der Waals surface area contributed by atoms with Crippen molar-refractivity contribution in [3.8, 4) is 11.8 Å². The zero-order chi connectivity index (χ0) is 27.3. The van der Waals surface area contributed by atoms with Crippen LogP contribution in [-0.2, 0) is 20.3 Å². The van der Waals surface area contributed by atoms with Gasteiger partial charge in [-0.1, -0.05) is 32.9 Å². The number of anilines is 1. The van der Waals surface area contributed by atoms with Crippen LogP contribution in [0.25, 0.3) is 5.69 Å². The van der Waals surface area contributed by atoms with Crippen LogP contribution in [0.15, 0.2) is 48.8 Å². The van der Waals surface area contributed by atoms with E-state index in [2.05, 4.69) is 54.4 Å². The fraction of sp³-hybridized carbons (Fsp3) is 0.467. The van der Waals surface area contributed by atoms with Gasteiger partial charge in [0.25, 0.3) is 5.91 Å². The molecule has 0 atom stereocenters. The molecule has 1 N–H and O–H groups in total. The summed E-state index contributed by atoms with van der Waals surface area (Å²) in [6, 6.07) is 14.4. The number of aromatic nitrogens is 3. The van der Waals surface area contributed by atoms with Gasteiger partial charge in [-0.3, -0.25) is 9.78 Å². The summed E-state index contributed by atoms with van der Waals surface area (Å²) in [5, 5.41) is 17.4. The molecule has 1 aliphatic rings. The number of amides is 1. The number of hydrogen-bond acceptors (Lipinski definition) is 6. The molecule has 0 saturated heterocycles. The number of pyridine rings is 1. The van der Waals surface area contributed by atoms with Gasteiger partial charge in [0.1, 0.15) is 0 Å². The van der Waals surface area contributed by atoms with Gasteiger partial charge in [-0.25, -0.2) is 4.68 Å². The highest BCUT2D eigenvalue weighted by atomic mass is 16.5. The van der Waals surface area contributed by atoms with Crippen molar-refractivity contribution >= 4 is 11.6 Å². The fourth-order valence-electron chi connectivity index (χ4n) is 4.92. The molecule has 8 nitrogen and oxygen atoms in total. The second-order valence-corrected chi connectivity index (χ2v) is 11.0. The van der Waals surface area contributed by atoms with Crippen molar-refractivity contribution in [2.45, 2.75) is 70.3 Å². The Bertz CT molecular complexity index is 1280. The summed E-state index contributed by atoms with van der Waals surface area (Å²) < 4.78 is 12.7. The minimum atomic E-state index is -0.635. The Labute approximate surface area is 225 Å². The molecule has 0 unspecified atom stereocenters. The Balaban J connectivity index is 1.41. The number of carbonyl (C=O) groups excluding carboxylic acids is 1. The number of rotatable bonds is 8. The number of ether oxygens (including phenoxy) is 2. The molecule has 1 aliphatic carbocycles. The monoisotopic (exact) mass is 515 g/mol. The van der Waals surface area contributed by atoms with Gasteiger partial charge in [-0.15, -0.1) is 0 Å². The maximum Gasteiger partial charge on any atom is 0.259 e. The quantitative estimate of drug-likeness (QED) is 0.398. The van der Waals surface area contributed by atoms with E-state index in [-0.39, 0.29) is 17.4 Å². The van der Waals surface area contributed by atoms with Gasteiger partial charge >= 0.3 is 0 Å². The summed E-state index contributed by atoms with van der Waals surface area (Å²) >= 11 is 0. The van der Waals surface area contributed by atoms with E-state index in [1.165, 1.54) is 5.56 Å². The highest BCUT2D eigenvalue weighted by Gasteiger charge is 2.38. The predicted octanol–water partition coefficient (Wildman–Crippen LogP) is 5.49. The molecule has 2 heterocycles. The number of methoxy groups -OCH3 is 1. The average Bonchev–Trinajstić information content (AvgIpc) is 3.30. The highest BCUT2D eigenvalue weighted by molar-refractivity contribution is 6.04. The molecule has 8 heteroatoms. The van der Waals surface area contributed by atoms with Crippen LogP contribution >= 0.6 is 0 Å². The van der Waals surface area contributed by atoms with E-state index in [0.29, 0.717) is 37.3 Å². The number of nitriles is 1. The fourth-order valence-corrected chi connectivity index (χ4v) is 4.92. The molecule has 3 aromatic rings. The van der Waals surface area contributed by atoms with Crippen molar-refractivity contribution in [3.63, 3.8) is 0 Å². The van der Waals surface area contributed by atoms with Gasteiger partial charge in [-0.2, -0.15) is 10.4 Å². The third-order valence-corrected chi connectivity index (χ3v) is 7.39. The zero-order valence-corrected chi connectivity index (χ0v) is 23.0. The lowest BCUT2D eigenvalue weighted by molar-refractivity contribution is -0.00749. The molecule has 2 aromatic heterocycles. The van der Waals surface area contributed by atoms with Crippen molar-refractivity contribution in [3.05, 3.63) is 71.3 Å². The lowest BCUT2D eigenvalue weighted by Crippen LogP contribution is -2.34. The summed E-state index contributed by atoms with van der Waals surface area (Å²) in [6.45, 7) is 9.55. The van der Waals surface area contributed by atoms with Crippen LogP contribution < -0.4 is 5.32 Å². The van der Waals surface area contributed by atoms with Gasteiger partial charge in [0.05, 0.1) is 71.5 Å². The summed E-state index contributed by atoms with van der Waals surface area (Å²) in [6.07, 6.45) is 6.34. The molecule has 0 spiro atoms. The normalized spacial score (nSPS) is 19.6. The average molecular weight is 516 g/mol. The molecular formula is C30H37N5O3. The Kier molecular flexibility index (Phi) is 8.29. The molecule has 200 valence electrons. The van der Waals surface area contributed by atoms with Crippen molar-refractivity contribution in [2.24, 2.45) is 0 Å². The lowest BCUT2D eigenvalue weighted by Gasteiger charge is -2.34. The lowest BCUT2D eigenvalue weighted by atomic mass is 9.72. The minimum Gasteiger partial charge on any atom is -0.382 e. The third kappa shape index (κ3) is 5.95. The van der Waals surface area contributed by atoms with Crippen molar-refractivity contribution in [2.75, 3.05) is 25.6 Å². The first-order chi connectivity index (χ1) is 18.2. The molecule has 38 heavy (non-hydrogen) atoms. The highest BCUT2D eigenvalue weighted by Crippen LogP contribution is 2.39. The molecular weight excluding hydrogens is 478 g/mol. The van der Waals surface area contributed by atoms with Crippen molar-refractivity contribution in [1.82, 2.24) is 14.8 Å². The Morgan fingerprint density at radius 3 is 2.42 bits per heavy atom. The second-order valence-electron chi connectivity index (χ2n) is 11.0. The Morgan fingerprint density at radius 2 is 1.84 bits per heavy atom. The van der Waals surface area contributed by atoms with E-state index in [1.54, 1.807) is 24.2 Å². The van der Waals surface area contributed by atoms with E-state index in [0.717, 1.165) is 29.9 Å². The molecule has 1 aromatic carbocycles. The first-order valence-corrected chi connectivity index (χ1v) is 13.1. The van der Waals surface area contributed by atoms with Gasteiger partial charge in [0, 0.05) is 7.11 Å². The third-order valence-electron chi connectivity index (χ3n) is 7.39. The molecule has 1 saturated carbocycles. The largest absolute Gasteiger partial charge is 0.382 e. The number of benzene rings is 1. The van der Waals surface area contributed by atoms with Gasteiger partial charge in [0.2, 0.25) is 0 Å². The summed E-state index contributed by atoms with van der Waals surface area (Å²) in [4.78, 5) is 17.6. The molecule has 0 aliphatic heterocycles. The molecule has 0 bridgehead atoms. The smallest absolute Gasteiger partial charge is 0.259 e. The van der Waals surface area contributed by atoms with Gasteiger partial charge in [0.15, 0.2) is 0 Å². The Hall–Kier alpha value is -3.54. The first kappa shape index (κ1) is 27.5. The van der Waals surface area contributed by atoms with Crippen LogP contribution in [-0.4, -0.2) is 47.1 Å². The molecule has 1 fully saturated rings. The van der Waals surface area contributed by atoms with Crippen LogP contribution in [0.2, 0.25) is 0 Å². The van der Waals surface area contributed by atoms with E-state index in [4.69, 9.17) is 9.47 Å². The Morgan fingerprint density at radius 1 is 1.13 bits per heavy atom. The number of carbonyl (C=O) groups is 1. The first-order valence-electron chi connectivity index (χ1n) is 13.1. The molecule has 4 rings (SSSR count). The number of hydrogen-bond donors (Lipinski definition) is 1. The summed E-state index contributed by atoms with van der Waals surface area (Å²) in [5.41, 5.74) is 4.13. The van der Waals surface area contributed by atoms with Crippen molar-refractivity contribution < 1.29 is 14.3 Å². The maximum atomic E-state index is 13.0. The second kappa shape index (κ2) is 11.5. The minimum absolute atomic E-state index is 0.0666. The van der Waals surface area contributed by atoms with E-state index < -0.39 is 5.41 Å². The van der Waals surface area contributed by atoms with Crippen LogP contribution in [0.1, 0.15) is 73.8 Å². The van der Waals surface area contributed by atoms with E-state index in [9.17, 15) is 10.1 Å². The predicted molar refractivity (Wildman–Crippen MR) is 147 cm³/mol. The van der Waals surface area contributed by atoms with E-state index in [1.807, 2.05) is 31.2 Å². The van der Waals surface area contributed by atoms with Crippen LogP contribution in [0.4, 0.5) is 5.69 Å². The van der Waals surface area contributed by atoms with E-state index >= 15 is 0 Å². The topological polar surface area (TPSA) is 102 Å². The molecule has 1 amide bonds. The standard InChI is InChI=1S/C30H37N5O3/c1-21-26(19-33-35(21)24-9-6-22(7-10-24)29(2,3)4)28(36)34-23-8-11-27(32-18-23)30(20-31)14-12-25(13-15-30)38-17-16-37-5/h6-11,18-19,25H,12-17H2,1-5H3,(H,34,36)/t25-,30-. The summed E-state index contributed by atoms with van der Waals surface area (Å²) in [7, 11) is 1.66. The van der Waals surface area contributed by atoms with Gasteiger partial charge < -0.3 is 14.8 Å². The van der Waals surface area contributed by atoms with Crippen LogP contribution in [0.3, 0.4) is 0 Å². The zero-order valence-electron chi connectivity index (χ0n) is 23.0. The summed E-state index contributed by atoms with van der Waals surface area (Å²) in [5.74, 6) is -0.252. The number of nitrogens with zero attached hydrogens (tertiary/aromatic N) is 4. The number of nitrogens with one attached hydrogen (secondary N) is 1. The maximum absolute atomic E-state index is 13.0. The van der Waals surface area contributed by atoms with Crippen molar-refractivity contribution in [1.29, 1.82) is 5.26 Å². The SMILES string of the molecule is COCCO[C@H]1CC[C@](C#N)(c2ccc(NC(=O)c3cnn(-c4ccc(C(C)(C)C)cc4)c3C)cn2)CC1. The van der Waals surface area contributed by atoms with Crippen LogP contribution in [0, 0.1) is 18.3 Å². The van der Waals surface area contributed by atoms with Gasteiger partial charge in [-0.05, 0) is 67.9 Å². The van der Waals surface area contributed by atoms with Crippen LogP contribution in [0.5, 0.6) is 0 Å².